The molecule has 3 nitrogen and oxygen atoms in total. The molecule has 3 heteroatoms. The van der Waals surface area contributed by atoms with Crippen molar-refractivity contribution in [2.24, 2.45) is 0 Å². The fourth-order valence-electron chi connectivity index (χ4n) is 2.08. The monoisotopic (exact) mass is 295 g/mol. The molecular formula is C19H21NO2. The molecule has 2 aromatic carbocycles. The Morgan fingerprint density at radius 3 is 2.41 bits per heavy atom. The average molecular weight is 295 g/mol. The summed E-state index contributed by atoms with van der Waals surface area (Å²) in [6.45, 7) is 8.07. The summed E-state index contributed by atoms with van der Waals surface area (Å²) < 4.78 is 5.40. The molecule has 0 aliphatic carbocycles. The molecule has 0 aliphatic heterocycles. The zero-order valence-electron chi connectivity index (χ0n) is 13.0. The molecule has 0 bridgehead atoms. The predicted octanol–water partition coefficient (Wildman–Crippen LogP) is 4.05. The first-order valence-corrected chi connectivity index (χ1v) is 7.31. The molecule has 1 N–H and O–H groups in total. The van der Waals surface area contributed by atoms with Gasteiger partial charge in [-0.2, -0.15) is 0 Å². The van der Waals surface area contributed by atoms with Crippen LogP contribution in [0, 0.1) is 6.92 Å². The van der Waals surface area contributed by atoms with Crippen LogP contribution in [0.4, 0.5) is 0 Å². The van der Waals surface area contributed by atoms with Gasteiger partial charge in [0.15, 0.2) is 0 Å². The van der Waals surface area contributed by atoms with Gasteiger partial charge in [-0.1, -0.05) is 42.5 Å². The third-order valence-corrected chi connectivity index (χ3v) is 3.41. The number of carbonyl (C=O) groups is 1. The molecule has 1 unspecified atom stereocenters. The van der Waals surface area contributed by atoms with Crippen molar-refractivity contribution in [2.75, 3.05) is 6.61 Å². The fourth-order valence-corrected chi connectivity index (χ4v) is 2.08. The van der Waals surface area contributed by atoms with Gasteiger partial charge in [0, 0.05) is 5.56 Å². The van der Waals surface area contributed by atoms with E-state index in [1.807, 2.05) is 38.1 Å². The lowest BCUT2D eigenvalue weighted by atomic mass is 10.1. The Morgan fingerprint density at radius 1 is 1.18 bits per heavy atom. The highest BCUT2D eigenvalue weighted by molar-refractivity contribution is 5.94. The van der Waals surface area contributed by atoms with Crippen LogP contribution in [0.15, 0.2) is 61.2 Å². The van der Waals surface area contributed by atoms with Crippen molar-refractivity contribution in [3.8, 4) is 5.75 Å². The first-order chi connectivity index (χ1) is 10.6. The molecule has 0 saturated heterocycles. The molecule has 0 aromatic heterocycles. The van der Waals surface area contributed by atoms with E-state index in [9.17, 15) is 4.79 Å². The third kappa shape index (κ3) is 4.22. The molecule has 0 fully saturated rings. The van der Waals surface area contributed by atoms with Gasteiger partial charge in [-0.3, -0.25) is 4.79 Å². The van der Waals surface area contributed by atoms with E-state index >= 15 is 0 Å². The summed E-state index contributed by atoms with van der Waals surface area (Å²) in [6.07, 6.45) is 1.68. The van der Waals surface area contributed by atoms with Crippen molar-refractivity contribution in [1.82, 2.24) is 5.32 Å². The quantitative estimate of drug-likeness (QED) is 0.816. The molecule has 22 heavy (non-hydrogen) atoms. The van der Waals surface area contributed by atoms with Gasteiger partial charge in [-0.25, -0.2) is 0 Å². The van der Waals surface area contributed by atoms with Gasteiger partial charge in [0.1, 0.15) is 12.4 Å². The molecular weight excluding hydrogens is 274 g/mol. The van der Waals surface area contributed by atoms with Crippen LogP contribution in [0.25, 0.3) is 0 Å². The lowest BCUT2D eigenvalue weighted by molar-refractivity contribution is 0.0940. The number of benzene rings is 2. The maximum Gasteiger partial charge on any atom is 0.251 e. The second-order valence-corrected chi connectivity index (χ2v) is 5.23. The van der Waals surface area contributed by atoms with Crippen LogP contribution in [-0.4, -0.2) is 12.5 Å². The minimum absolute atomic E-state index is 0.0372. The first-order valence-electron chi connectivity index (χ1n) is 7.31. The zero-order valence-corrected chi connectivity index (χ0v) is 13.0. The smallest absolute Gasteiger partial charge is 0.251 e. The van der Waals surface area contributed by atoms with E-state index in [2.05, 4.69) is 11.9 Å². The Bertz CT molecular complexity index is 629. The fraction of sp³-hybridized carbons (Fsp3) is 0.211. The highest BCUT2D eigenvalue weighted by atomic mass is 16.5. The van der Waals surface area contributed by atoms with Crippen molar-refractivity contribution >= 4 is 5.91 Å². The Balaban J connectivity index is 1.99. The molecule has 1 amide bonds. The normalized spacial score (nSPS) is 11.5. The summed E-state index contributed by atoms with van der Waals surface area (Å²) in [6, 6.07) is 15.2. The van der Waals surface area contributed by atoms with Gasteiger partial charge in [0.2, 0.25) is 0 Å². The molecule has 0 aliphatic rings. The largest absolute Gasteiger partial charge is 0.490 e. The van der Waals surface area contributed by atoms with E-state index in [0.717, 1.165) is 11.3 Å². The van der Waals surface area contributed by atoms with Crippen molar-refractivity contribution in [2.45, 2.75) is 19.9 Å². The average Bonchev–Trinajstić information content (AvgIpc) is 2.54. The maximum absolute atomic E-state index is 12.3. The van der Waals surface area contributed by atoms with E-state index in [0.29, 0.717) is 12.2 Å². The minimum Gasteiger partial charge on any atom is -0.490 e. The van der Waals surface area contributed by atoms with E-state index in [1.165, 1.54) is 5.56 Å². The van der Waals surface area contributed by atoms with Gasteiger partial charge in [-0.15, -0.1) is 0 Å². The molecule has 2 aromatic rings. The van der Waals surface area contributed by atoms with E-state index in [-0.39, 0.29) is 11.9 Å². The Kier molecular flexibility index (Phi) is 5.37. The van der Waals surface area contributed by atoms with Gasteiger partial charge >= 0.3 is 0 Å². The second-order valence-electron chi connectivity index (χ2n) is 5.23. The number of aryl methyl sites for hydroxylation is 1. The maximum atomic E-state index is 12.3. The van der Waals surface area contributed by atoms with Crippen LogP contribution < -0.4 is 10.1 Å². The number of carbonyl (C=O) groups excluding carboxylic acids is 1. The zero-order chi connectivity index (χ0) is 15.9. The van der Waals surface area contributed by atoms with Crippen LogP contribution >= 0.6 is 0 Å². The summed E-state index contributed by atoms with van der Waals surface area (Å²) in [5.74, 6) is 0.631. The van der Waals surface area contributed by atoms with Crippen LogP contribution in [0.1, 0.15) is 34.5 Å². The molecule has 0 saturated carbocycles. The standard InChI is InChI=1S/C19H21NO2/c1-4-13-22-18-11-9-17(10-12-18)19(21)20-15(3)16-7-5-14(2)6-8-16/h4-12,15H,1,13H2,2-3H3,(H,20,21). The summed E-state index contributed by atoms with van der Waals surface area (Å²) in [5.41, 5.74) is 2.91. The topological polar surface area (TPSA) is 38.3 Å². The molecule has 2 rings (SSSR count). The van der Waals surface area contributed by atoms with E-state index in [1.54, 1.807) is 30.3 Å². The number of hydrogen-bond acceptors (Lipinski definition) is 2. The lowest BCUT2D eigenvalue weighted by Gasteiger charge is -2.15. The van der Waals surface area contributed by atoms with Gasteiger partial charge < -0.3 is 10.1 Å². The first kappa shape index (κ1) is 15.8. The van der Waals surface area contributed by atoms with Gasteiger partial charge in [0.05, 0.1) is 6.04 Å². The summed E-state index contributed by atoms with van der Waals surface area (Å²) in [7, 11) is 0. The number of nitrogens with one attached hydrogen (secondary N) is 1. The van der Waals surface area contributed by atoms with Crippen molar-refractivity contribution in [3.05, 3.63) is 77.9 Å². The summed E-state index contributed by atoms with van der Waals surface area (Å²) in [4.78, 5) is 12.3. The summed E-state index contributed by atoms with van der Waals surface area (Å²) >= 11 is 0. The number of hydrogen-bond donors (Lipinski definition) is 1. The minimum atomic E-state index is -0.0941. The number of rotatable bonds is 6. The van der Waals surface area contributed by atoms with Crippen molar-refractivity contribution in [1.29, 1.82) is 0 Å². The molecule has 0 radical (unpaired) electrons. The lowest BCUT2D eigenvalue weighted by Crippen LogP contribution is -2.26. The molecule has 0 heterocycles. The van der Waals surface area contributed by atoms with Crippen LogP contribution in [0.2, 0.25) is 0 Å². The molecule has 1 atom stereocenters. The van der Waals surface area contributed by atoms with E-state index in [4.69, 9.17) is 4.74 Å². The SMILES string of the molecule is C=CCOc1ccc(C(=O)NC(C)c2ccc(C)cc2)cc1. The van der Waals surface area contributed by atoms with E-state index < -0.39 is 0 Å². The van der Waals surface area contributed by atoms with Crippen LogP contribution in [0.5, 0.6) is 5.75 Å². The van der Waals surface area contributed by atoms with Crippen molar-refractivity contribution in [3.63, 3.8) is 0 Å². The number of ether oxygens (including phenoxy) is 1. The van der Waals surface area contributed by atoms with Crippen LogP contribution in [0.3, 0.4) is 0 Å². The Hall–Kier alpha value is -2.55. The van der Waals surface area contributed by atoms with Crippen molar-refractivity contribution < 1.29 is 9.53 Å². The molecule has 0 spiro atoms. The Morgan fingerprint density at radius 2 is 1.82 bits per heavy atom. The third-order valence-electron chi connectivity index (χ3n) is 3.41. The number of amides is 1. The summed E-state index contributed by atoms with van der Waals surface area (Å²) in [5, 5.41) is 3.00. The second kappa shape index (κ2) is 7.46. The molecule has 114 valence electrons. The Labute approximate surface area is 131 Å². The highest BCUT2D eigenvalue weighted by Crippen LogP contribution is 2.16. The van der Waals surface area contributed by atoms with Gasteiger partial charge in [-0.05, 0) is 43.7 Å². The van der Waals surface area contributed by atoms with Gasteiger partial charge in [0.25, 0.3) is 5.91 Å². The highest BCUT2D eigenvalue weighted by Gasteiger charge is 2.11. The van der Waals surface area contributed by atoms with Crippen LogP contribution in [-0.2, 0) is 0 Å². The predicted molar refractivity (Wildman–Crippen MR) is 89.2 cm³/mol.